The van der Waals surface area contributed by atoms with Crippen LogP contribution in [0.3, 0.4) is 0 Å². The lowest BCUT2D eigenvalue weighted by molar-refractivity contribution is 0.102. The standard InChI is InChI=1S/C19H20N4O3/c1-3-26-18-7-5-16(9-15(18)10-24)22-19(25)14-4-6-17(13(2)8-14)23-12-20-11-21-23/h4-9,11-12,24H,3,10H2,1-2H3,(H,22,25). The maximum Gasteiger partial charge on any atom is 0.255 e. The fourth-order valence-corrected chi connectivity index (χ4v) is 2.67. The van der Waals surface area contributed by atoms with Gasteiger partial charge in [-0.1, -0.05) is 0 Å². The molecule has 0 spiro atoms. The fraction of sp³-hybridized carbons (Fsp3) is 0.211. The minimum atomic E-state index is -0.230. The molecular formula is C19H20N4O3. The number of nitrogens with zero attached hydrogens (tertiary/aromatic N) is 3. The minimum absolute atomic E-state index is 0.162. The Bertz CT molecular complexity index is 907. The van der Waals surface area contributed by atoms with Crippen LogP contribution in [0.4, 0.5) is 5.69 Å². The second-order valence-corrected chi connectivity index (χ2v) is 5.71. The number of benzene rings is 2. The van der Waals surface area contributed by atoms with Gasteiger partial charge in [0, 0.05) is 16.8 Å². The Morgan fingerprint density at radius 2 is 2.12 bits per heavy atom. The van der Waals surface area contributed by atoms with Crippen molar-refractivity contribution in [1.82, 2.24) is 14.8 Å². The number of carbonyl (C=O) groups excluding carboxylic acids is 1. The highest BCUT2D eigenvalue weighted by atomic mass is 16.5. The number of hydrogen-bond acceptors (Lipinski definition) is 5. The van der Waals surface area contributed by atoms with Crippen LogP contribution in [0.25, 0.3) is 5.69 Å². The largest absolute Gasteiger partial charge is 0.494 e. The molecule has 0 bridgehead atoms. The zero-order chi connectivity index (χ0) is 18.5. The van der Waals surface area contributed by atoms with Crippen molar-refractivity contribution in [2.24, 2.45) is 0 Å². The van der Waals surface area contributed by atoms with Crippen molar-refractivity contribution in [3.05, 3.63) is 65.7 Å². The Morgan fingerprint density at radius 1 is 1.27 bits per heavy atom. The number of aliphatic hydroxyl groups excluding tert-OH is 1. The molecule has 3 aromatic rings. The van der Waals surface area contributed by atoms with E-state index in [2.05, 4.69) is 15.4 Å². The Labute approximate surface area is 151 Å². The van der Waals surface area contributed by atoms with Gasteiger partial charge in [-0.3, -0.25) is 4.79 Å². The van der Waals surface area contributed by atoms with Crippen LogP contribution in [0.15, 0.2) is 49.1 Å². The molecule has 0 saturated heterocycles. The topological polar surface area (TPSA) is 89.3 Å². The first-order valence-electron chi connectivity index (χ1n) is 8.26. The first-order valence-corrected chi connectivity index (χ1v) is 8.26. The Hall–Kier alpha value is -3.19. The van der Waals surface area contributed by atoms with E-state index in [9.17, 15) is 9.90 Å². The molecule has 7 nitrogen and oxygen atoms in total. The first kappa shape index (κ1) is 17.6. The average Bonchev–Trinajstić information content (AvgIpc) is 3.17. The van der Waals surface area contributed by atoms with Gasteiger partial charge in [-0.05, 0) is 55.8 Å². The first-order chi connectivity index (χ1) is 12.6. The molecule has 0 atom stereocenters. The van der Waals surface area contributed by atoms with Crippen molar-refractivity contribution in [2.45, 2.75) is 20.5 Å². The normalized spacial score (nSPS) is 10.6. The van der Waals surface area contributed by atoms with Gasteiger partial charge in [0.05, 0.1) is 18.9 Å². The predicted molar refractivity (Wildman–Crippen MR) is 97.6 cm³/mol. The minimum Gasteiger partial charge on any atom is -0.494 e. The second-order valence-electron chi connectivity index (χ2n) is 5.71. The van der Waals surface area contributed by atoms with Crippen LogP contribution < -0.4 is 10.1 Å². The molecule has 0 aliphatic rings. The lowest BCUT2D eigenvalue weighted by Crippen LogP contribution is -2.13. The SMILES string of the molecule is CCOc1ccc(NC(=O)c2ccc(-n3cncn3)c(C)c2)cc1CO. The van der Waals surface area contributed by atoms with Crippen LogP contribution in [-0.2, 0) is 6.61 Å². The second kappa shape index (κ2) is 7.79. The average molecular weight is 352 g/mol. The molecule has 2 N–H and O–H groups in total. The third kappa shape index (κ3) is 3.73. The number of ether oxygens (including phenoxy) is 1. The Morgan fingerprint density at radius 3 is 2.77 bits per heavy atom. The molecule has 0 radical (unpaired) electrons. The number of aromatic nitrogens is 3. The summed E-state index contributed by atoms with van der Waals surface area (Å²) in [4.78, 5) is 16.5. The Balaban J connectivity index is 1.79. The zero-order valence-electron chi connectivity index (χ0n) is 14.6. The van der Waals surface area contributed by atoms with Crippen molar-refractivity contribution in [2.75, 3.05) is 11.9 Å². The highest BCUT2D eigenvalue weighted by molar-refractivity contribution is 6.04. The monoisotopic (exact) mass is 352 g/mol. The summed E-state index contributed by atoms with van der Waals surface area (Å²) in [5.74, 6) is 0.382. The van der Waals surface area contributed by atoms with E-state index in [0.717, 1.165) is 11.3 Å². The molecule has 0 unspecified atom stereocenters. The van der Waals surface area contributed by atoms with Gasteiger partial charge in [0.15, 0.2) is 0 Å². The third-order valence-corrected chi connectivity index (χ3v) is 3.91. The summed E-state index contributed by atoms with van der Waals surface area (Å²) in [6, 6.07) is 10.6. The quantitative estimate of drug-likeness (QED) is 0.712. The number of carbonyl (C=O) groups is 1. The van der Waals surface area contributed by atoms with Crippen LogP contribution in [0.1, 0.15) is 28.4 Å². The lowest BCUT2D eigenvalue weighted by Gasteiger charge is -2.12. The summed E-state index contributed by atoms with van der Waals surface area (Å²) in [5.41, 5.74) is 3.53. The van der Waals surface area contributed by atoms with E-state index in [-0.39, 0.29) is 12.5 Å². The zero-order valence-corrected chi connectivity index (χ0v) is 14.6. The Kier molecular flexibility index (Phi) is 5.28. The summed E-state index contributed by atoms with van der Waals surface area (Å²) >= 11 is 0. The molecule has 1 amide bonds. The molecule has 1 heterocycles. The molecule has 3 rings (SSSR count). The summed E-state index contributed by atoms with van der Waals surface area (Å²) in [7, 11) is 0. The van der Waals surface area contributed by atoms with Crippen LogP contribution >= 0.6 is 0 Å². The molecule has 1 aromatic heterocycles. The van der Waals surface area contributed by atoms with Crippen LogP contribution in [-0.4, -0.2) is 32.4 Å². The molecule has 0 fully saturated rings. The summed E-state index contributed by atoms with van der Waals surface area (Å²) in [6.07, 6.45) is 3.07. The lowest BCUT2D eigenvalue weighted by atomic mass is 10.1. The molecule has 2 aromatic carbocycles. The van der Waals surface area contributed by atoms with Gasteiger partial charge in [-0.2, -0.15) is 5.10 Å². The molecule has 26 heavy (non-hydrogen) atoms. The molecule has 0 aliphatic carbocycles. The van der Waals surface area contributed by atoms with E-state index < -0.39 is 0 Å². The third-order valence-electron chi connectivity index (χ3n) is 3.91. The van der Waals surface area contributed by atoms with Crippen LogP contribution in [0.5, 0.6) is 5.75 Å². The van der Waals surface area contributed by atoms with Gasteiger partial charge in [0.25, 0.3) is 5.91 Å². The molecular weight excluding hydrogens is 332 g/mol. The predicted octanol–water partition coefficient (Wildman–Crippen LogP) is 2.72. The number of hydrogen-bond donors (Lipinski definition) is 2. The van der Waals surface area contributed by atoms with E-state index in [1.54, 1.807) is 41.3 Å². The molecule has 134 valence electrons. The van der Waals surface area contributed by atoms with E-state index >= 15 is 0 Å². The number of nitrogens with one attached hydrogen (secondary N) is 1. The molecule has 0 aliphatic heterocycles. The number of aliphatic hydroxyl groups is 1. The maximum absolute atomic E-state index is 12.5. The van der Waals surface area contributed by atoms with Crippen molar-refractivity contribution in [3.8, 4) is 11.4 Å². The fourth-order valence-electron chi connectivity index (χ4n) is 2.67. The number of aryl methyl sites for hydroxylation is 1. The summed E-state index contributed by atoms with van der Waals surface area (Å²) in [6.45, 7) is 4.14. The number of anilines is 1. The van der Waals surface area contributed by atoms with Gasteiger partial charge in [0.2, 0.25) is 0 Å². The van der Waals surface area contributed by atoms with Gasteiger partial charge < -0.3 is 15.2 Å². The van der Waals surface area contributed by atoms with Crippen LogP contribution in [0.2, 0.25) is 0 Å². The van der Waals surface area contributed by atoms with E-state index in [4.69, 9.17) is 4.74 Å². The van der Waals surface area contributed by atoms with Crippen molar-refractivity contribution in [1.29, 1.82) is 0 Å². The van der Waals surface area contributed by atoms with Gasteiger partial charge in [0.1, 0.15) is 18.4 Å². The number of amides is 1. The smallest absolute Gasteiger partial charge is 0.255 e. The number of rotatable bonds is 6. The van der Waals surface area contributed by atoms with E-state index in [1.165, 1.54) is 6.33 Å². The highest BCUT2D eigenvalue weighted by Gasteiger charge is 2.11. The van der Waals surface area contributed by atoms with Crippen molar-refractivity contribution < 1.29 is 14.6 Å². The summed E-state index contributed by atoms with van der Waals surface area (Å²) in [5, 5.41) is 16.4. The van der Waals surface area contributed by atoms with Gasteiger partial charge >= 0.3 is 0 Å². The van der Waals surface area contributed by atoms with Gasteiger partial charge in [-0.25, -0.2) is 9.67 Å². The van der Waals surface area contributed by atoms with E-state index in [1.807, 2.05) is 19.9 Å². The molecule has 0 saturated carbocycles. The van der Waals surface area contributed by atoms with Crippen molar-refractivity contribution in [3.63, 3.8) is 0 Å². The van der Waals surface area contributed by atoms with E-state index in [0.29, 0.717) is 29.2 Å². The van der Waals surface area contributed by atoms with Crippen LogP contribution in [0, 0.1) is 6.92 Å². The highest BCUT2D eigenvalue weighted by Crippen LogP contribution is 2.24. The van der Waals surface area contributed by atoms with Gasteiger partial charge in [-0.15, -0.1) is 0 Å². The maximum atomic E-state index is 12.5. The summed E-state index contributed by atoms with van der Waals surface area (Å²) < 4.78 is 7.10. The van der Waals surface area contributed by atoms with Crippen molar-refractivity contribution >= 4 is 11.6 Å². The molecule has 7 heteroatoms.